The van der Waals surface area contributed by atoms with Crippen LogP contribution in [0, 0.1) is 0 Å². The molecule has 10 nitrogen and oxygen atoms in total. The summed E-state index contributed by atoms with van der Waals surface area (Å²) in [6.45, 7) is -0.155. The van der Waals surface area contributed by atoms with E-state index in [1.807, 2.05) is 0 Å². The third-order valence-corrected chi connectivity index (χ3v) is 4.11. The Hall–Kier alpha value is -3.56. The van der Waals surface area contributed by atoms with Gasteiger partial charge in [-0.2, -0.15) is 4.68 Å². The summed E-state index contributed by atoms with van der Waals surface area (Å²) in [7, 11) is 2.91. The van der Waals surface area contributed by atoms with Crippen LogP contribution in [0.2, 0.25) is 0 Å². The molecule has 0 bridgehead atoms. The van der Waals surface area contributed by atoms with Gasteiger partial charge in [0, 0.05) is 14.1 Å². The predicted molar refractivity (Wildman–Crippen MR) is 88.4 cm³/mol. The zero-order chi connectivity index (χ0) is 17.7. The smallest absolute Gasteiger partial charge is 0.315 e. The fraction of sp³-hybridized carbons (Fsp3) is 0.200. The summed E-state index contributed by atoms with van der Waals surface area (Å²) < 4.78 is 4.85. The van der Waals surface area contributed by atoms with Crippen LogP contribution in [0.5, 0.6) is 0 Å². The van der Waals surface area contributed by atoms with Crippen LogP contribution in [-0.4, -0.2) is 39.6 Å². The number of imidazole rings is 1. The second kappa shape index (κ2) is 5.23. The van der Waals surface area contributed by atoms with Crippen LogP contribution in [0.25, 0.3) is 22.2 Å². The Balaban J connectivity index is 1.83. The van der Waals surface area contributed by atoms with Crippen LogP contribution in [-0.2, 0) is 20.6 Å². The first kappa shape index (κ1) is 15.0. The zero-order valence-corrected chi connectivity index (χ0v) is 13.4. The molecule has 1 aromatic carbocycles. The summed E-state index contributed by atoms with van der Waals surface area (Å²) in [6, 6.07) is 7.08. The van der Waals surface area contributed by atoms with Gasteiger partial charge in [-0.15, -0.1) is 5.10 Å². The molecule has 0 aliphatic carbocycles. The van der Waals surface area contributed by atoms with E-state index in [-0.39, 0.29) is 23.6 Å². The van der Waals surface area contributed by atoms with Gasteiger partial charge in [0.2, 0.25) is 0 Å². The van der Waals surface area contributed by atoms with Crippen molar-refractivity contribution in [1.82, 2.24) is 33.7 Å². The number of benzene rings is 1. The highest BCUT2D eigenvalue weighted by atomic mass is 16.2. The lowest BCUT2D eigenvalue weighted by Gasteiger charge is -2.06. The predicted octanol–water partition coefficient (Wildman–Crippen LogP) is -0.481. The highest BCUT2D eigenvalue weighted by molar-refractivity contribution is 5.89. The highest BCUT2D eigenvalue weighted by Gasteiger charge is 2.18. The summed E-state index contributed by atoms with van der Waals surface area (Å²) in [4.78, 5) is 41.1. The van der Waals surface area contributed by atoms with Crippen molar-refractivity contribution < 1.29 is 4.79 Å². The van der Waals surface area contributed by atoms with E-state index in [4.69, 9.17) is 0 Å². The molecule has 10 heteroatoms. The summed E-state index contributed by atoms with van der Waals surface area (Å²) in [6.07, 6.45) is 1.36. The van der Waals surface area contributed by atoms with Gasteiger partial charge in [-0.25, -0.2) is 9.78 Å². The average Bonchev–Trinajstić information content (AvgIpc) is 3.22. The first-order chi connectivity index (χ1) is 12.0. The van der Waals surface area contributed by atoms with E-state index >= 15 is 0 Å². The number of para-hydroxylation sites is 1. The molecule has 0 aliphatic heterocycles. The number of aryl methyl sites for hydroxylation is 1. The summed E-state index contributed by atoms with van der Waals surface area (Å²) >= 11 is 0. The van der Waals surface area contributed by atoms with E-state index in [1.165, 1.54) is 34.2 Å². The molecule has 0 spiro atoms. The fourth-order valence-electron chi connectivity index (χ4n) is 2.78. The Morgan fingerprint density at radius 3 is 2.68 bits per heavy atom. The molecule has 0 radical (unpaired) electrons. The van der Waals surface area contributed by atoms with E-state index < -0.39 is 11.2 Å². The maximum atomic E-state index is 12.6. The summed E-state index contributed by atoms with van der Waals surface area (Å²) in [5, 5.41) is 7.82. The first-order valence-electron chi connectivity index (χ1n) is 7.43. The number of nitrogens with zero attached hydrogens (tertiary/aromatic N) is 7. The van der Waals surface area contributed by atoms with Crippen molar-refractivity contribution in [2.45, 2.75) is 6.54 Å². The van der Waals surface area contributed by atoms with E-state index in [2.05, 4.69) is 15.3 Å². The van der Waals surface area contributed by atoms with Crippen molar-refractivity contribution in [2.24, 2.45) is 14.1 Å². The third kappa shape index (κ3) is 2.11. The Bertz CT molecular complexity index is 1260. The van der Waals surface area contributed by atoms with E-state index in [0.717, 1.165) is 4.57 Å². The van der Waals surface area contributed by atoms with Gasteiger partial charge in [0.1, 0.15) is 12.1 Å². The van der Waals surface area contributed by atoms with Crippen molar-refractivity contribution in [1.29, 1.82) is 0 Å². The maximum Gasteiger partial charge on any atom is 0.332 e. The minimum Gasteiger partial charge on any atom is -0.315 e. The second-order valence-electron chi connectivity index (χ2n) is 5.63. The number of fused-ring (bicyclic) bond motifs is 2. The van der Waals surface area contributed by atoms with Crippen molar-refractivity contribution in [3.05, 3.63) is 51.4 Å². The van der Waals surface area contributed by atoms with Crippen molar-refractivity contribution in [3.8, 4) is 0 Å². The van der Waals surface area contributed by atoms with E-state index in [1.54, 1.807) is 24.3 Å². The Morgan fingerprint density at radius 2 is 1.88 bits per heavy atom. The van der Waals surface area contributed by atoms with Gasteiger partial charge in [-0.05, 0) is 12.1 Å². The number of aromatic nitrogens is 7. The normalized spacial score (nSPS) is 11.4. The molecule has 0 aliphatic rings. The monoisotopic (exact) mass is 339 g/mol. The van der Waals surface area contributed by atoms with Crippen LogP contribution < -0.4 is 11.2 Å². The molecule has 4 rings (SSSR count). The molecular weight excluding hydrogens is 326 g/mol. The van der Waals surface area contributed by atoms with Gasteiger partial charge in [0.15, 0.2) is 11.2 Å². The molecule has 0 fully saturated rings. The molecule has 0 N–H and O–H groups in total. The van der Waals surface area contributed by atoms with Gasteiger partial charge in [0.05, 0.1) is 11.8 Å². The molecule has 3 aromatic heterocycles. The lowest BCUT2D eigenvalue weighted by atomic mass is 10.3. The summed E-state index contributed by atoms with van der Waals surface area (Å²) in [5.41, 5.74) is 0.608. The molecule has 0 atom stereocenters. The van der Waals surface area contributed by atoms with Gasteiger partial charge in [-0.3, -0.25) is 18.7 Å². The van der Waals surface area contributed by atoms with E-state index in [9.17, 15) is 14.4 Å². The van der Waals surface area contributed by atoms with Crippen LogP contribution >= 0.6 is 0 Å². The van der Waals surface area contributed by atoms with Crippen molar-refractivity contribution >= 4 is 28.1 Å². The Morgan fingerprint density at radius 1 is 1.12 bits per heavy atom. The molecule has 0 saturated carbocycles. The minimum absolute atomic E-state index is 0.155. The van der Waals surface area contributed by atoms with Crippen LogP contribution in [0.3, 0.4) is 0 Å². The number of rotatable bonds is 2. The lowest BCUT2D eigenvalue weighted by Crippen LogP contribution is -2.37. The quantitative estimate of drug-likeness (QED) is 0.488. The number of carbonyl (C=O) groups is 1. The average molecular weight is 339 g/mol. The van der Waals surface area contributed by atoms with Crippen molar-refractivity contribution in [2.75, 3.05) is 0 Å². The minimum atomic E-state index is -0.508. The molecule has 4 aromatic rings. The van der Waals surface area contributed by atoms with Gasteiger partial charge in [-0.1, -0.05) is 17.3 Å². The molecule has 126 valence electrons. The highest BCUT2D eigenvalue weighted by Crippen LogP contribution is 2.11. The lowest BCUT2D eigenvalue weighted by molar-refractivity contribution is 0.0880. The largest absolute Gasteiger partial charge is 0.332 e. The summed E-state index contributed by atoms with van der Waals surface area (Å²) in [5.74, 6) is -0.371. The zero-order valence-electron chi connectivity index (χ0n) is 13.4. The molecule has 3 heterocycles. The molecular formula is C15H13N7O3. The van der Waals surface area contributed by atoms with Crippen LogP contribution in [0.15, 0.2) is 40.2 Å². The number of hydrogen-bond donors (Lipinski definition) is 0. The molecule has 0 amide bonds. The molecule has 0 saturated heterocycles. The van der Waals surface area contributed by atoms with Crippen LogP contribution in [0.4, 0.5) is 0 Å². The number of hydrogen-bond acceptors (Lipinski definition) is 6. The standard InChI is InChI=1S/C15H13N7O3/c1-19-13-12(14(24)20(2)15(19)25)21(8-16-13)7-11(23)22-10-6-4-3-5-9(10)17-18-22/h3-6,8H,7H2,1-2H3. The second-order valence-corrected chi connectivity index (χ2v) is 5.63. The first-order valence-corrected chi connectivity index (χ1v) is 7.43. The van der Waals surface area contributed by atoms with Gasteiger partial charge < -0.3 is 4.57 Å². The topological polar surface area (TPSA) is 110 Å². The molecule has 0 unspecified atom stereocenters. The fourth-order valence-corrected chi connectivity index (χ4v) is 2.78. The SMILES string of the molecule is Cn1c(=O)c2c(ncn2CC(=O)n2nnc3ccccc32)n(C)c1=O. The van der Waals surface area contributed by atoms with E-state index in [0.29, 0.717) is 11.0 Å². The van der Waals surface area contributed by atoms with Gasteiger partial charge in [0.25, 0.3) is 11.5 Å². The third-order valence-electron chi connectivity index (χ3n) is 4.11. The van der Waals surface area contributed by atoms with Crippen LogP contribution in [0.1, 0.15) is 4.79 Å². The Labute approximate surface area is 139 Å². The maximum absolute atomic E-state index is 12.6. The number of carbonyl (C=O) groups excluding carboxylic acids is 1. The Kier molecular flexibility index (Phi) is 3.14. The van der Waals surface area contributed by atoms with Crippen molar-refractivity contribution in [3.63, 3.8) is 0 Å². The van der Waals surface area contributed by atoms with Gasteiger partial charge >= 0.3 is 5.69 Å². The molecule has 25 heavy (non-hydrogen) atoms.